The van der Waals surface area contributed by atoms with Crippen LogP contribution in [0.25, 0.3) is 5.69 Å². The van der Waals surface area contributed by atoms with Crippen LogP contribution >= 0.6 is 0 Å². The Hall–Kier alpha value is -2.34. The number of aromatic hydroxyl groups is 1. The van der Waals surface area contributed by atoms with Crippen molar-refractivity contribution in [1.82, 2.24) is 9.55 Å². The second kappa shape index (κ2) is 6.33. The summed E-state index contributed by atoms with van der Waals surface area (Å²) in [4.78, 5) is 26.9. The summed E-state index contributed by atoms with van der Waals surface area (Å²) >= 11 is 0. The van der Waals surface area contributed by atoms with Crippen LogP contribution in [-0.2, 0) is 6.42 Å². The molecule has 6 heteroatoms. The van der Waals surface area contributed by atoms with Crippen molar-refractivity contribution in [2.45, 2.75) is 64.4 Å². The van der Waals surface area contributed by atoms with Crippen molar-refractivity contribution in [1.29, 1.82) is 0 Å². The largest absolute Gasteiger partial charge is 0.508 e. The van der Waals surface area contributed by atoms with Crippen LogP contribution in [0.15, 0.2) is 27.9 Å². The van der Waals surface area contributed by atoms with Crippen molar-refractivity contribution in [2.75, 3.05) is 0 Å². The van der Waals surface area contributed by atoms with Gasteiger partial charge in [-0.05, 0) is 85.8 Å². The Morgan fingerprint density at radius 1 is 1.17 bits per heavy atom. The molecule has 0 bridgehead atoms. The van der Waals surface area contributed by atoms with Crippen molar-refractivity contribution in [2.24, 2.45) is 17.3 Å². The fraction of sp³-hybridized carbons (Fsp3) is 0.565. The van der Waals surface area contributed by atoms with E-state index in [1.165, 1.54) is 4.57 Å². The summed E-state index contributed by atoms with van der Waals surface area (Å²) in [6.45, 7) is 3.92. The average molecular weight is 396 g/mol. The number of rotatable bonds is 1. The van der Waals surface area contributed by atoms with Crippen LogP contribution in [0.4, 0.5) is 0 Å². The predicted molar refractivity (Wildman–Crippen MR) is 110 cm³/mol. The third kappa shape index (κ3) is 2.65. The van der Waals surface area contributed by atoms with Gasteiger partial charge in [0, 0.05) is 17.8 Å². The van der Waals surface area contributed by atoms with Crippen LogP contribution < -0.4 is 11.2 Å². The number of phenolic OH excluding ortho intramolecular Hbond substituents is 1. The summed E-state index contributed by atoms with van der Waals surface area (Å²) < 4.78 is 1.48. The second-order valence-electron chi connectivity index (χ2n) is 9.53. The summed E-state index contributed by atoms with van der Waals surface area (Å²) in [5.41, 5.74) is 2.50. The van der Waals surface area contributed by atoms with Crippen LogP contribution in [0.3, 0.4) is 0 Å². The standard InChI is InChI=1S/C23H28N2O4/c1-12-11-25(22(29)24-21(12)28)18-10-14(26)9-13-3-4-15-16(20(13)18)7-8-23(2)17(15)5-6-19(23)27/h9-11,15-17,19,26-27H,3-8H2,1-2H3,(H,24,28,29)/t15-,16+,17+,19+,23+/m1/s1. The quantitative estimate of drug-likeness (QED) is 0.691. The lowest BCUT2D eigenvalue weighted by Crippen LogP contribution is -2.44. The van der Waals surface area contributed by atoms with E-state index < -0.39 is 5.69 Å². The van der Waals surface area contributed by atoms with Gasteiger partial charge in [-0.1, -0.05) is 6.92 Å². The molecule has 5 rings (SSSR count). The molecule has 6 nitrogen and oxygen atoms in total. The van der Waals surface area contributed by atoms with Gasteiger partial charge in [0.1, 0.15) is 5.75 Å². The molecule has 3 aliphatic rings. The number of nitrogens with zero attached hydrogens (tertiary/aromatic N) is 1. The number of phenols is 1. The average Bonchev–Trinajstić information content (AvgIpc) is 2.98. The molecule has 0 unspecified atom stereocenters. The topological polar surface area (TPSA) is 95.3 Å². The van der Waals surface area contributed by atoms with Gasteiger partial charge in [-0.3, -0.25) is 14.3 Å². The zero-order valence-electron chi connectivity index (χ0n) is 16.9. The minimum absolute atomic E-state index is 0.0127. The number of aliphatic hydroxyl groups excluding tert-OH is 1. The van der Waals surface area contributed by atoms with E-state index in [2.05, 4.69) is 11.9 Å². The van der Waals surface area contributed by atoms with Crippen molar-refractivity contribution in [3.8, 4) is 11.4 Å². The SMILES string of the molecule is Cc1cn(-c2cc(O)cc3c2[C@H]2CC[C@]4(C)[C@@H](O)CC[C@H]4[C@@H]2CC3)c(=O)[nH]c1=O. The van der Waals surface area contributed by atoms with E-state index in [4.69, 9.17) is 0 Å². The smallest absolute Gasteiger partial charge is 0.332 e. The summed E-state index contributed by atoms with van der Waals surface area (Å²) in [5.74, 6) is 1.41. The fourth-order valence-electron chi connectivity index (χ4n) is 6.60. The van der Waals surface area contributed by atoms with Crippen LogP contribution in [0.2, 0.25) is 0 Å². The van der Waals surface area contributed by atoms with E-state index in [0.717, 1.165) is 49.7 Å². The molecular formula is C23H28N2O4. The maximum absolute atomic E-state index is 12.6. The lowest BCUT2D eigenvalue weighted by atomic mass is 9.55. The van der Waals surface area contributed by atoms with E-state index in [1.54, 1.807) is 19.2 Å². The first kappa shape index (κ1) is 18.7. The third-order valence-corrected chi connectivity index (χ3v) is 8.11. The Labute approximate surface area is 169 Å². The van der Waals surface area contributed by atoms with E-state index in [9.17, 15) is 19.8 Å². The maximum Gasteiger partial charge on any atom is 0.332 e. The Balaban J connectivity index is 1.68. The van der Waals surface area contributed by atoms with Crippen LogP contribution in [0.1, 0.15) is 61.6 Å². The zero-order chi connectivity index (χ0) is 20.5. The van der Waals surface area contributed by atoms with Gasteiger partial charge in [-0.15, -0.1) is 0 Å². The molecule has 2 saturated carbocycles. The van der Waals surface area contributed by atoms with Gasteiger partial charge in [-0.25, -0.2) is 4.79 Å². The molecule has 3 aliphatic carbocycles. The highest BCUT2D eigenvalue weighted by Crippen LogP contribution is 2.61. The molecule has 154 valence electrons. The van der Waals surface area contributed by atoms with E-state index in [1.807, 2.05) is 6.07 Å². The maximum atomic E-state index is 12.6. The molecule has 0 saturated heterocycles. The molecule has 29 heavy (non-hydrogen) atoms. The number of aromatic nitrogens is 2. The fourth-order valence-corrected chi connectivity index (χ4v) is 6.60. The molecule has 0 amide bonds. The first-order valence-electron chi connectivity index (χ1n) is 10.7. The van der Waals surface area contributed by atoms with Crippen molar-refractivity contribution in [3.63, 3.8) is 0 Å². The van der Waals surface area contributed by atoms with Gasteiger partial charge in [0.25, 0.3) is 5.56 Å². The number of hydrogen-bond acceptors (Lipinski definition) is 4. The van der Waals surface area contributed by atoms with E-state index >= 15 is 0 Å². The van der Waals surface area contributed by atoms with Gasteiger partial charge in [0.05, 0.1) is 11.8 Å². The minimum atomic E-state index is -0.479. The normalized spacial score (nSPS) is 33.1. The van der Waals surface area contributed by atoms with Gasteiger partial charge < -0.3 is 10.2 Å². The Kier molecular flexibility index (Phi) is 4.07. The monoisotopic (exact) mass is 396 g/mol. The second-order valence-corrected chi connectivity index (χ2v) is 9.53. The number of aromatic amines is 1. The lowest BCUT2D eigenvalue weighted by molar-refractivity contribution is -0.0226. The summed E-state index contributed by atoms with van der Waals surface area (Å²) in [6, 6.07) is 3.48. The minimum Gasteiger partial charge on any atom is -0.508 e. The highest BCUT2D eigenvalue weighted by atomic mass is 16.3. The summed E-state index contributed by atoms with van der Waals surface area (Å²) in [6.07, 6.45) is 7.13. The molecule has 5 atom stereocenters. The van der Waals surface area contributed by atoms with Crippen LogP contribution in [0.5, 0.6) is 5.75 Å². The number of benzene rings is 1. The Bertz CT molecular complexity index is 1100. The molecule has 1 aromatic heterocycles. The molecule has 2 aromatic rings. The highest BCUT2D eigenvalue weighted by Gasteiger charge is 2.54. The van der Waals surface area contributed by atoms with Crippen molar-refractivity contribution < 1.29 is 10.2 Å². The zero-order valence-corrected chi connectivity index (χ0v) is 16.9. The molecule has 1 aromatic carbocycles. The molecule has 0 radical (unpaired) electrons. The third-order valence-electron chi connectivity index (χ3n) is 8.11. The summed E-state index contributed by atoms with van der Waals surface area (Å²) in [5, 5.41) is 21.0. The van der Waals surface area contributed by atoms with E-state index in [-0.39, 0.29) is 22.8 Å². The number of aliphatic hydroxyl groups is 1. The Morgan fingerprint density at radius 3 is 2.76 bits per heavy atom. The first-order chi connectivity index (χ1) is 13.8. The number of hydrogen-bond donors (Lipinski definition) is 3. The molecule has 0 aliphatic heterocycles. The van der Waals surface area contributed by atoms with Gasteiger partial charge in [0.15, 0.2) is 0 Å². The molecule has 2 fully saturated rings. The number of nitrogens with one attached hydrogen (secondary N) is 1. The van der Waals surface area contributed by atoms with Gasteiger partial charge in [0.2, 0.25) is 0 Å². The molecule has 1 heterocycles. The van der Waals surface area contributed by atoms with Gasteiger partial charge >= 0.3 is 5.69 Å². The van der Waals surface area contributed by atoms with Crippen LogP contribution in [0, 0.1) is 24.2 Å². The molecular weight excluding hydrogens is 368 g/mol. The van der Waals surface area contributed by atoms with Crippen molar-refractivity contribution in [3.05, 3.63) is 55.9 Å². The number of aryl methyl sites for hydroxylation is 2. The molecule has 3 N–H and O–H groups in total. The first-order valence-corrected chi connectivity index (χ1v) is 10.7. The predicted octanol–water partition coefficient (Wildman–Crippen LogP) is 2.76. The lowest BCUT2D eigenvalue weighted by Gasteiger charge is -2.50. The number of H-pyrrole nitrogens is 1. The number of fused-ring (bicyclic) bond motifs is 5. The van der Waals surface area contributed by atoms with E-state index in [0.29, 0.717) is 29.0 Å². The highest BCUT2D eigenvalue weighted by molar-refractivity contribution is 5.54. The van der Waals surface area contributed by atoms with Crippen molar-refractivity contribution >= 4 is 0 Å². The van der Waals surface area contributed by atoms with Gasteiger partial charge in [-0.2, -0.15) is 0 Å². The summed E-state index contributed by atoms with van der Waals surface area (Å²) in [7, 11) is 0. The molecule has 0 spiro atoms. The Morgan fingerprint density at radius 2 is 1.97 bits per heavy atom. The van der Waals surface area contributed by atoms with Crippen LogP contribution in [-0.4, -0.2) is 25.9 Å².